The van der Waals surface area contributed by atoms with Crippen LogP contribution in [0.15, 0.2) is 30.3 Å². The van der Waals surface area contributed by atoms with E-state index in [9.17, 15) is 4.79 Å². The van der Waals surface area contributed by atoms with Crippen LogP contribution < -0.4 is 16.0 Å². The summed E-state index contributed by atoms with van der Waals surface area (Å²) in [5.41, 5.74) is 0.577. The first kappa shape index (κ1) is 15.6. The Morgan fingerprint density at radius 3 is 2.32 bits per heavy atom. The quantitative estimate of drug-likeness (QED) is 0.328. The highest BCUT2D eigenvalue weighted by molar-refractivity contribution is 5.89. The molecule has 1 aromatic rings. The zero-order valence-electron chi connectivity index (χ0n) is 11.4. The fourth-order valence-electron chi connectivity index (χ4n) is 1.50. The first-order valence-electron chi connectivity index (χ1n) is 6.69. The summed E-state index contributed by atoms with van der Waals surface area (Å²) in [6, 6.07) is 8.99. The molecule has 0 heterocycles. The topological polar surface area (TPSA) is 62.4 Å². The van der Waals surface area contributed by atoms with Crippen molar-refractivity contribution in [3.05, 3.63) is 35.9 Å². The van der Waals surface area contributed by atoms with E-state index in [1.807, 2.05) is 18.2 Å². The second kappa shape index (κ2) is 10.5. The molecule has 0 amide bonds. The molecule has 0 aliphatic heterocycles. The lowest BCUT2D eigenvalue weighted by Crippen LogP contribution is -2.33. The van der Waals surface area contributed by atoms with Crippen molar-refractivity contribution in [1.29, 1.82) is 0 Å². The fourth-order valence-corrected chi connectivity index (χ4v) is 1.50. The van der Waals surface area contributed by atoms with Gasteiger partial charge in [0.2, 0.25) is 0 Å². The molecule has 106 valence electrons. The molecule has 1 aromatic carbocycles. The molecule has 0 unspecified atom stereocenters. The summed E-state index contributed by atoms with van der Waals surface area (Å²) in [7, 11) is 0. The molecule has 0 saturated carbocycles. The number of esters is 1. The average molecular weight is 265 g/mol. The molecule has 0 aliphatic rings. The van der Waals surface area contributed by atoms with Gasteiger partial charge < -0.3 is 15.4 Å². The molecular formula is C14H23N3O2. The van der Waals surface area contributed by atoms with Gasteiger partial charge in [-0.25, -0.2) is 4.79 Å². The fraction of sp³-hybridized carbons (Fsp3) is 0.500. The standard InChI is InChI=1S/C14H23N3O2/c1-2-15-8-9-16-10-11-17-12-19-14(18)13-6-4-3-5-7-13/h3-7,15-17H,2,8-12H2,1H3. The summed E-state index contributed by atoms with van der Waals surface area (Å²) in [6.45, 7) is 6.86. The highest BCUT2D eigenvalue weighted by Gasteiger charge is 2.04. The van der Waals surface area contributed by atoms with Crippen molar-refractivity contribution in [1.82, 2.24) is 16.0 Å². The van der Waals surface area contributed by atoms with E-state index in [-0.39, 0.29) is 12.7 Å². The molecule has 1 rings (SSSR count). The molecule has 0 aliphatic carbocycles. The van der Waals surface area contributed by atoms with Crippen LogP contribution in [-0.2, 0) is 4.74 Å². The molecule has 0 atom stereocenters. The SMILES string of the molecule is CCNCCNCCNCOC(=O)c1ccccc1. The van der Waals surface area contributed by atoms with E-state index in [4.69, 9.17) is 4.74 Å². The van der Waals surface area contributed by atoms with Crippen LogP contribution in [0.25, 0.3) is 0 Å². The Balaban J connectivity index is 1.95. The number of hydrogen-bond donors (Lipinski definition) is 3. The summed E-state index contributed by atoms with van der Waals surface area (Å²) in [5.74, 6) is -0.298. The van der Waals surface area contributed by atoms with Gasteiger partial charge in [0, 0.05) is 26.2 Å². The minimum absolute atomic E-state index is 0.239. The maximum absolute atomic E-state index is 11.6. The van der Waals surface area contributed by atoms with Crippen LogP contribution in [0.5, 0.6) is 0 Å². The number of likely N-dealkylation sites (N-methyl/N-ethyl adjacent to an activating group) is 1. The summed E-state index contributed by atoms with van der Waals surface area (Å²) >= 11 is 0. The van der Waals surface area contributed by atoms with Crippen molar-refractivity contribution in [2.24, 2.45) is 0 Å². The molecule has 0 radical (unpaired) electrons. The summed E-state index contributed by atoms with van der Waals surface area (Å²) in [5, 5.41) is 9.56. The predicted molar refractivity (Wildman–Crippen MR) is 76.1 cm³/mol. The van der Waals surface area contributed by atoms with Gasteiger partial charge in [-0.2, -0.15) is 0 Å². The van der Waals surface area contributed by atoms with Crippen molar-refractivity contribution in [2.75, 3.05) is 39.5 Å². The maximum atomic E-state index is 11.6. The lowest BCUT2D eigenvalue weighted by atomic mass is 10.2. The van der Waals surface area contributed by atoms with Crippen molar-refractivity contribution in [3.8, 4) is 0 Å². The van der Waals surface area contributed by atoms with Gasteiger partial charge in [-0.15, -0.1) is 0 Å². The lowest BCUT2D eigenvalue weighted by Gasteiger charge is -2.08. The summed E-state index contributed by atoms with van der Waals surface area (Å²) in [4.78, 5) is 11.6. The van der Waals surface area contributed by atoms with Crippen LogP contribution in [0, 0.1) is 0 Å². The molecule has 19 heavy (non-hydrogen) atoms. The molecule has 0 bridgehead atoms. The minimum Gasteiger partial charge on any atom is -0.446 e. The molecular weight excluding hydrogens is 242 g/mol. The van der Waals surface area contributed by atoms with Gasteiger partial charge in [-0.1, -0.05) is 25.1 Å². The monoisotopic (exact) mass is 265 g/mol. The molecule has 3 N–H and O–H groups in total. The van der Waals surface area contributed by atoms with Gasteiger partial charge in [-0.3, -0.25) is 5.32 Å². The van der Waals surface area contributed by atoms with Crippen LogP contribution in [0.2, 0.25) is 0 Å². The zero-order valence-corrected chi connectivity index (χ0v) is 11.4. The average Bonchev–Trinajstić information content (AvgIpc) is 2.46. The van der Waals surface area contributed by atoms with Crippen molar-refractivity contribution in [3.63, 3.8) is 0 Å². The first-order valence-corrected chi connectivity index (χ1v) is 6.69. The smallest absolute Gasteiger partial charge is 0.339 e. The van der Waals surface area contributed by atoms with Crippen molar-refractivity contribution >= 4 is 5.97 Å². The van der Waals surface area contributed by atoms with E-state index >= 15 is 0 Å². The Morgan fingerprint density at radius 2 is 1.63 bits per heavy atom. The Kier molecular flexibility index (Phi) is 8.63. The van der Waals surface area contributed by atoms with E-state index in [0.717, 1.165) is 32.7 Å². The van der Waals surface area contributed by atoms with Gasteiger partial charge in [-0.05, 0) is 18.7 Å². The number of rotatable bonds is 10. The van der Waals surface area contributed by atoms with E-state index in [1.54, 1.807) is 12.1 Å². The first-order chi connectivity index (χ1) is 9.34. The Hall–Kier alpha value is -1.43. The molecule has 0 aromatic heterocycles. The van der Waals surface area contributed by atoms with Gasteiger partial charge in [0.15, 0.2) is 0 Å². The van der Waals surface area contributed by atoms with Crippen LogP contribution in [-0.4, -0.2) is 45.4 Å². The predicted octanol–water partition coefficient (Wildman–Crippen LogP) is 0.590. The van der Waals surface area contributed by atoms with Crippen LogP contribution in [0.1, 0.15) is 17.3 Å². The third-order valence-corrected chi connectivity index (χ3v) is 2.52. The Bertz CT molecular complexity index is 344. The third kappa shape index (κ3) is 7.56. The number of carbonyl (C=O) groups is 1. The second-order valence-electron chi connectivity index (χ2n) is 4.05. The number of carbonyl (C=O) groups excluding carboxylic acids is 1. The van der Waals surface area contributed by atoms with Crippen LogP contribution in [0.3, 0.4) is 0 Å². The van der Waals surface area contributed by atoms with E-state index in [1.165, 1.54) is 0 Å². The third-order valence-electron chi connectivity index (χ3n) is 2.52. The van der Waals surface area contributed by atoms with Gasteiger partial charge in [0.05, 0.1) is 5.56 Å². The molecule has 0 saturated heterocycles. The molecule has 5 heteroatoms. The van der Waals surface area contributed by atoms with Crippen molar-refractivity contribution < 1.29 is 9.53 Å². The summed E-state index contributed by atoms with van der Waals surface area (Å²) < 4.78 is 5.08. The summed E-state index contributed by atoms with van der Waals surface area (Å²) in [6.07, 6.45) is 0. The van der Waals surface area contributed by atoms with Gasteiger partial charge in [0.25, 0.3) is 0 Å². The number of hydrogen-bond acceptors (Lipinski definition) is 5. The molecule has 0 fully saturated rings. The number of nitrogens with one attached hydrogen (secondary N) is 3. The van der Waals surface area contributed by atoms with E-state index < -0.39 is 0 Å². The largest absolute Gasteiger partial charge is 0.446 e. The molecule has 0 spiro atoms. The molecule has 5 nitrogen and oxygen atoms in total. The normalized spacial score (nSPS) is 10.4. The second-order valence-corrected chi connectivity index (χ2v) is 4.05. The van der Waals surface area contributed by atoms with E-state index in [0.29, 0.717) is 5.56 Å². The number of benzene rings is 1. The highest BCUT2D eigenvalue weighted by atomic mass is 16.5. The van der Waals surface area contributed by atoms with Crippen molar-refractivity contribution in [2.45, 2.75) is 6.92 Å². The van der Waals surface area contributed by atoms with E-state index in [2.05, 4.69) is 22.9 Å². The highest BCUT2D eigenvalue weighted by Crippen LogP contribution is 1.99. The zero-order chi connectivity index (χ0) is 13.8. The van der Waals surface area contributed by atoms with Crippen LogP contribution in [0.4, 0.5) is 0 Å². The lowest BCUT2D eigenvalue weighted by molar-refractivity contribution is 0.0473. The number of ether oxygens (including phenoxy) is 1. The maximum Gasteiger partial charge on any atom is 0.339 e. The van der Waals surface area contributed by atoms with Gasteiger partial charge in [0.1, 0.15) is 6.73 Å². The Labute approximate surface area is 114 Å². The minimum atomic E-state index is -0.298. The van der Waals surface area contributed by atoms with Gasteiger partial charge >= 0.3 is 5.97 Å². The van der Waals surface area contributed by atoms with Crippen LogP contribution >= 0.6 is 0 Å². The Morgan fingerprint density at radius 1 is 1.00 bits per heavy atom.